The van der Waals surface area contributed by atoms with E-state index in [9.17, 15) is 4.79 Å². The lowest BCUT2D eigenvalue weighted by molar-refractivity contribution is 0.0954. The summed E-state index contributed by atoms with van der Waals surface area (Å²) in [5.41, 5.74) is 7.85. The molecule has 1 fully saturated rings. The number of anilines is 1. The van der Waals surface area contributed by atoms with Crippen LogP contribution in [-0.2, 0) is 4.74 Å². The third kappa shape index (κ3) is 2.41. The summed E-state index contributed by atoms with van der Waals surface area (Å²) < 4.78 is 6.50. The first-order valence-corrected chi connectivity index (χ1v) is 6.76. The van der Waals surface area contributed by atoms with Crippen LogP contribution in [0.3, 0.4) is 0 Å². The molecule has 0 unspecified atom stereocenters. The van der Waals surface area contributed by atoms with Crippen LogP contribution < -0.4 is 5.73 Å². The zero-order chi connectivity index (χ0) is 13.4. The highest BCUT2D eigenvalue weighted by molar-refractivity contribution is 9.10. The third-order valence-corrected chi connectivity index (χ3v) is 3.70. The average Bonchev–Trinajstić information content (AvgIpc) is 3.20. The molecule has 4 heteroatoms. The molecule has 0 spiro atoms. The Hall–Kier alpha value is -1.65. The first kappa shape index (κ1) is 12.4. The summed E-state index contributed by atoms with van der Waals surface area (Å²) in [4.78, 5) is 12.3. The average molecular weight is 318 g/mol. The van der Waals surface area contributed by atoms with Gasteiger partial charge in [-0.3, -0.25) is 4.79 Å². The number of ether oxygens (including phenoxy) is 1. The maximum absolute atomic E-state index is 12.3. The van der Waals surface area contributed by atoms with Crippen molar-refractivity contribution in [1.82, 2.24) is 0 Å². The summed E-state index contributed by atoms with van der Waals surface area (Å²) in [6, 6.07) is 14.9. The fourth-order valence-corrected chi connectivity index (χ4v) is 2.36. The fraction of sp³-hybridized carbons (Fsp3) is 0.133. The Labute approximate surface area is 119 Å². The summed E-state index contributed by atoms with van der Waals surface area (Å²) in [7, 11) is 0. The lowest BCUT2D eigenvalue weighted by Gasteiger charge is -2.01. The molecule has 2 aromatic carbocycles. The molecule has 0 aromatic heterocycles. The molecular formula is C15H12BrNO2. The molecule has 0 bridgehead atoms. The fourth-order valence-electron chi connectivity index (χ4n) is 2.09. The molecule has 3 nitrogen and oxygen atoms in total. The minimum Gasteiger partial charge on any atom is -0.398 e. The van der Waals surface area contributed by atoms with Crippen molar-refractivity contribution in [1.29, 1.82) is 0 Å². The molecule has 1 saturated heterocycles. The number of epoxide rings is 1. The number of hydrogen-bond donors (Lipinski definition) is 1. The van der Waals surface area contributed by atoms with Crippen molar-refractivity contribution in [2.24, 2.45) is 0 Å². The van der Waals surface area contributed by atoms with Gasteiger partial charge in [-0.25, -0.2) is 0 Å². The number of para-hydroxylation sites is 1. The van der Waals surface area contributed by atoms with Gasteiger partial charge in [0.15, 0.2) is 11.9 Å². The maximum Gasteiger partial charge on any atom is 0.196 e. The van der Waals surface area contributed by atoms with Crippen LogP contribution in [0.5, 0.6) is 0 Å². The Bertz CT molecular complexity index is 624. The van der Waals surface area contributed by atoms with E-state index in [2.05, 4.69) is 15.9 Å². The van der Waals surface area contributed by atoms with E-state index in [-0.39, 0.29) is 11.9 Å². The number of halogens is 1. The van der Waals surface area contributed by atoms with Crippen molar-refractivity contribution in [3.8, 4) is 0 Å². The molecule has 2 aromatic rings. The molecule has 19 heavy (non-hydrogen) atoms. The molecule has 0 aliphatic carbocycles. The van der Waals surface area contributed by atoms with Crippen molar-refractivity contribution in [3.63, 3.8) is 0 Å². The highest BCUT2D eigenvalue weighted by Crippen LogP contribution is 2.41. The SMILES string of the molecule is Nc1ccccc1C(=O)[C@H]1O[C@@H]1c1ccc(Br)cc1. The van der Waals surface area contributed by atoms with Gasteiger partial charge >= 0.3 is 0 Å². The molecule has 0 radical (unpaired) electrons. The summed E-state index contributed by atoms with van der Waals surface area (Å²) >= 11 is 3.38. The van der Waals surface area contributed by atoms with E-state index in [1.165, 1.54) is 0 Å². The van der Waals surface area contributed by atoms with Gasteiger partial charge in [-0.2, -0.15) is 0 Å². The highest BCUT2D eigenvalue weighted by atomic mass is 79.9. The molecule has 1 heterocycles. The largest absolute Gasteiger partial charge is 0.398 e. The van der Waals surface area contributed by atoms with Crippen LogP contribution in [0, 0.1) is 0 Å². The number of nitrogens with two attached hydrogens (primary N) is 1. The molecule has 1 aliphatic rings. The second-order valence-corrected chi connectivity index (χ2v) is 5.40. The van der Waals surface area contributed by atoms with Crippen LogP contribution in [0.25, 0.3) is 0 Å². The van der Waals surface area contributed by atoms with Gasteiger partial charge in [0.1, 0.15) is 6.10 Å². The molecule has 0 saturated carbocycles. The Morgan fingerprint density at radius 1 is 1.11 bits per heavy atom. The van der Waals surface area contributed by atoms with Crippen LogP contribution in [0.4, 0.5) is 5.69 Å². The first-order chi connectivity index (χ1) is 9.16. The number of carbonyl (C=O) groups is 1. The van der Waals surface area contributed by atoms with Crippen LogP contribution in [0.15, 0.2) is 53.0 Å². The van der Waals surface area contributed by atoms with E-state index in [4.69, 9.17) is 10.5 Å². The quantitative estimate of drug-likeness (QED) is 0.536. The number of benzene rings is 2. The second kappa shape index (κ2) is 4.79. The summed E-state index contributed by atoms with van der Waals surface area (Å²) in [6.07, 6.45) is -0.564. The monoisotopic (exact) mass is 317 g/mol. The molecule has 2 atom stereocenters. The van der Waals surface area contributed by atoms with Crippen molar-refractivity contribution in [2.45, 2.75) is 12.2 Å². The number of carbonyl (C=O) groups excluding carboxylic acids is 1. The summed E-state index contributed by atoms with van der Waals surface area (Å²) in [5, 5.41) is 0. The van der Waals surface area contributed by atoms with Crippen molar-refractivity contribution in [3.05, 3.63) is 64.1 Å². The van der Waals surface area contributed by atoms with Gasteiger partial charge in [-0.15, -0.1) is 0 Å². The second-order valence-electron chi connectivity index (χ2n) is 4.48. The Morgan fingerprint density at radius 2 is 1.79 bits per heavy atom. The van der Waals surface area contributed by atoms with E-state index >= 15 is 0 Å². The van der Waals surface area contributed by atoms with Gasteiger partial charge in [0.2, 0.25) is 0 Å². The topological polar surface area (TPSA) is 55.6 Å². The van der Waals surface area contributed by atoms with E-state index in [1.807, 2.05) is 30.3 Å². The molecule has 1 aliphatic heterocycles. The first-order valence-electron chi connectivity index (χ1n) is 5.96. The van der Waals surface area contributed by atoms with Gasteiger partial charge in [0.25, 0.3) is 0 Å². The third-order valence-electron chi connectivity index (χ3n) is 3.17. The number of hydrogen-bond acceptors (Lipinski definition) is 3. The number of ketones is 1. The lowest BCUT2D eigenvalue weighted by atomic mass is 10.0. The molecule has 2 N–H and O–H groups in total. The van der Waals surface area contributed by atoms with Gasteiger partial charge in [0.05, 0.1) is 0 Å². The molecule has 3 rings (SSSR count). The smallest absolute Gasteiger partial charge is 0.196 e. The van der Waals surface area contributed by atoms with Crippen LogP contribution in [-0.4, -0.2) is 11.9 Å². The predicted octanol–water partition coefficient (Wildman–Crippen LogP) is 3.35. The Kier molecular flexibility index (Phi) is 3.12. The van der Waals surface area contributed by atoms with E-state index in [0.29, 0.717) is 11.3 Å². The van der Waals surface area contributed by atoms with Crippen molar-refractivity contribution < 1.29 is 9.53 Å². The Morgan fingerprint density at radius 3 is 2.47 bits per heavy atom. The van der Waals surface area contributed by atoms with Gasteiger partial charge in [-0.1, -0.05) is 40.2 Å². The normalized spacial score (nSPS) is 21.1. The summed E-state index contributed by atoms with van der Waals surface area (Å²) in [6.45, 7) is 0. The van der Waals surface area contributed by atoms with Gasteiger partial charge in [0, 0.05) is 15.7 Å². The van der Waals surface area contributed by atoms with Crippen LogP contribution in [0.2, 0.25) is 0 Å². The molecular weight excluding hydrogens is 306 g/mol. The Balaban J connectivity index is 1.78. The number of rotatable bonds is 3. The number of nitrogen functional groups attached to an aromatic ring is 1. The maximum atomic E-state index is 12.3. The standard InChI is InChI=1S/C15H12BrNO2/c16-10-7-5-9(6-8-10)14-15(19-14)13(18)11-3-1-2-4-12(11)17/h1-8,14-15H,17H2/t14-,15-/m1/s1. The highest BCUT2D eigenvalue weighted by Gasteiger charge is 2.46. The minimum atomic E-state index is -0.411. The van der Waals surface area contributed by atoms with Crippen LogP contribution >= 0.6 is 15.9 Å². The lowest BCUT2D eigenvalue weighted by Crippen LogP contribution is -2.10. The molecule has 96 valence electrons. The molecule has 0 amide bonds. The van der Waals surface area contributed by atoms with Gasteiger partial charge < -0.3 is 10.5 Å². The minimum absolute atomic E-state index is 0.0500. The number of Topliss-reactive ketones (excluding diaryl/α,β-unsaturated/α-hetero) is 1. The van der Waals surface area contributed by atoms with Crippen molar-refractivity contribution in [2.75, 3.05) is 5.73 Å². The zero-order valence-electron chi connectivity index (χ0n) is 10.0. The van der Waals surface area contributed by atoms with Crippen LogP contribution in [0.1, 0.15) is 22.0 Å². The van der Waals surface area contributed by atoms with Gasteiger partial charge in [-0.05, 0) is 29.8 Å². The summed E-state index contributed by atoms with van der Waals surface area (Å²) in [5.74, 6) is -0.0500. The van der Waals surface area contributed by atoms with E-state index < -0.39 is 6.10 Å². The van der Waals surface area contributed by atoms with E-state index in [0.717, 1.165) is 10.0 Å². The zero-order valence-corrected chi connectivity index (χ0v) is 11.6. The van der Waals surface area contributed by atoms with Crippen molar-refractivity contribution >= 4 is 27.4 Å². The van der Waals surface area contributed by atoms with E-state index in [1.54, 1.807) is 18.2 Å². The predicted molar refractivity (Wildman–Crippen MR) is 76.9 cm³/mol.